The Morgan fingerprint density at radius 3 is 3.11 bits per heavy atom. The summed E-state index contributed by atoms with van der Waals surface area (Å²) in [4.78, 5) is 6.40. The lowest BCUT2D eigenvalue weighted by atomic mass is 10.7. The van der Waals surface area contributed by atoms with Gasteiger partial charge in [-0.25, -0.2) is 4.98 Å². The summed E-state index contributed by atoms with van der Waals surface area (Å²) in [7, 11) is 0. The van der Waals surface area contributed by atoms with Gasteiger partial charge >= 0.3 is 0 Å². The molecule has 0 radical (unpaired) electrons. The quantitative estimate of drug-likeness (QED) is 0.387. The second kappa shape index (κ2) is 2.47. The molecule has 1 atom stereocenters. The summed E-state index contributed by atoms with van der Waals surface area (Å²) in [6.45, 7) is 0. The average Bonchev–Trinajstić information content (AvgIpc) is 2.15. The van der Waals surface area contributed by atoms with E-state index in [9.17, 15) is 0 Å². The smallest absolute Gasteiger partial charge is 0.180 e. The van der Waals surface area contributed by atoms with Crippen molar-refractivity contribution >= 4 is 5.82 Å². The van der Waals surface area contributed by atoms with E-state index in [2.05, 4.69) is 15.3 Å². The molecule has 1 aromatic rings. The first-order valence-corrected chi connectivity index (χ1v) is 2.47. The summed E-state index contributed by atoms with van der Waals surface area (Å²) in [5, 5.41) is 11.0. The van der Waals surface area contributed by atoms with Crippen LogP contribution in [0.1, 0.15) is 0 Å². The van der Waals surface area contributed by atoms with Gasteiger partial charge in [-0.05, 0) is 0 Å². The van der Waals surface area contributed by atoms with Crippen molar-refractivity contribution in [2.24, 2.45) is 5.73 Å². The normalized spacial score (nSPS) is 13.1. The van der Waals surface area contributed by atoms with Gasteiger partial charge in [-0.15, -0.1) is 0 Å². The number of anilines is 1. The molecule has 0 aromatic carbocycles. The Morgan fingerprint density at radius 2 is 2.67 bits per heavy atom. The first-order chi connectivity index (χ1) is 4.29. The molecule has 5 N–H and O–H groups in total. The van der Waals surface area contributed by atoms with Crippen molar-refractivity contribution in [2.45, 2.75) is 6.35 Å². The molecule has 0 bridgehead atoms. The molecule has 0 saturated carbocycles. The Labute approximate surface area is 51.9 Å². The maximum atomic E-state index is 8.54. The second-order valence-corrected chi connectivity index (χ2v) is 1.55. The van der Waals surface area contributed by atoms with Gasteiger partial charge in [-0.1, -0.05) is 0 Å². The zero-order chi connectivity index (χ0) is 6.69. The molecule has 0 fully saturated rings. The van der Waals surface area contributed by atoms with Crippen LogP contribution in [0, 0.1) is 0 Å². The van der Waals surface area contributed by atoms with Crippen LogP contribution >= 0.6 is 0 Å². The number of H-pyrrole nitrogens is 1. The van der Waals surface area contributed by atoms with Crippen LogP contribution in [0.3, 0.4) is 0 Å². The third-order valence-corrected chi connectivity index (χ3v) is 0.802. The van der Waals surface area contributed by atoms with Gasteiger partial charge in [0.2, 0.25) is 0 Å². The standard InChI is InChI=1S/C4H8N4O/c5-4(9)8-3-1-6-2-7-3/h1-2,4,8-9H,5H2,(H,6,7)/t4-/m0/s1. The largest absolute Gasteiger partial charge is 0.361 e. The van der Waals surface area contributed by atoms with Crippen molar-refractivity contribution < 1.29 is 5.11 Å². The van der Waals surface area contributed by atoms with Crippen molar-refractivity contribution in [1.82, 2.24) is 9.97 Å². The summed E-state index contributed by atoms with van der Waals surface area (Å²) in [5.41, 5.74) is 4.98. The van der Waals surface area contributed by atoms with Crippen molar-refractivity contribution in [3.05, 3.63) is 12.5 Å². The van der Waals surface area contributed by atoms with Gasteiger partial charge < -0.3 is 15.4 Å². The Balaban J connectivity index is 2.48. The van der Waals surface area contributed by atoms with Crippen LogP contribution in [0.4, 0.5) is 5.82 Å². The van der Waals surface area contributed by atoms with Crippen molar-refractivity contribution in [1.29, 1.82) is 0 Å². The fourth-order valence-corrected chi connectivity index (χ4v) is 0.494. The molecular weight excluding hydrogens is 120 g/mol. The summed E-state index contributed by atoms with van der Waals surface area (Å²) in [5.74, 6) is 0.602. The van der Waals surface area contributed by atoms with Gasteiger partial charge in [0.15, 0.2) is 6.35 Å². The highest BCUT2D eigenvalue weighted by molar-refractivity contribution is 5.30. The SMILES string of the molecule is N[C@H](O)Nc1cnc[nH]1. The van der Waals surface area contributed by atoms with Crippen LogP contribution in [0.2, 0.25) is 0 Å². The summed E-state index contributed by atoms with van der Waals surface area (Å²) in [6.07, 6.45) is 1.98. The lowest BCUT2D eigenvalue weighted by molar-refractivity contribution is 0.211. The highest BCUT2D eigenvalue weighted by atomic mass is 16.3. The fraction of sp³-hybridized carbons (Fsp3) is 0.250. The lowest BCUT2D eigenvalue weighted by Crippen LogP contribution is -2.28. The third kappa shape index (κ3) is 1.71. The van der Waals surface area contributed by atoms with Gasteiger partial charge in [0, 0.05) is 0 Å². The minimum atomic E-state index is -1.04. The number of nitrogens with zero attached hydrogens (tertiary/aromatic N) is 1. The monoisotopic (exact) mass is 128 g/mol. The molecule has 0 aliphatic carbocycles. The van der Waals surface area contributed by atoms with Gasteiger partial charge in [0.05, 0.1) is 12.5 Å². The van der Waals surface area contributed by atoms with Crippen molar-refractivity contribution in [3.8, 4) is 0 Å². The van der Waals surface area contributed by atoms with Crippen molar-refractivity contribution in [3.63, 3.8) is 0 Å². The Morgan fingerprint density at radius 1 is 1.89 bits per heavy atom. The van der Waals surface area contributed by atoms with Crippen LogP contribution in [-0.4, -0.2) is 21.4 Å². The van der Waals surface area contributed by atoms with Crippen LogP contribution < -0.4 is 11.1 Å². The van der Waals surface area contributed by atoms with Crippen LogP contribution in [0.25, 0.3) is 0 Å². The van der Waals surface area contributed by atoms with E-state index >= 15 is 0 Å². The number of hydrogen-bond donors (Lipinski definition) is 4. The Bertz CT molecular complexity index is 159. The van der Waals surface area contributed by atoms with Crippen LogP contribution in [0.5, 0.6) is 0 Å². The molecule has 0 amide bonds. The number of aromatic amines is 1. The van der Waals surface area contributed by atoms with Gasteiger partial charge in [-0.2, -0.15) is 0 Å². The van der Waals surface area contributed by atoms with E-state index in [1.807, 2.05) is 0 Å². The maximum Gasteiger partial charge on any atom is 0.180 e. The number of aliphatic hydroxyl groups is 1. The number of imidazole rings is 1. The van der Waals surface area contributed by atoms with E-state index in [-0.39, 0.29) is 0 Å². The zero-order valence-corrected chi connectivity index (χ0v) is 4.70. The molecule has 1 rings (SSSR count). The van der Waals surface area contributed by atoms with E-state index in [1.165, 1.54) is 12.5 Å². The predicted octanol–water partition coefficient (Wildman–Crippen LogP) is -0.944. The molecular formula is C4H8N4O. The third-order valence-electron chi connectivity index (χ3n) is 0.802. The van der Waals surface area contributed by atoms with Crippen LogP contribution in [0.15, 0.2) is 12.5 Å². The highest BCUT2D eigenvalue weighted by Crippen LogP contribution is 1.96. The summed E-state index contributed by atoms with van der Waals surface area (Å²) < 4.78 is 0. The number of hydrogen-bond acceptors (Lipinski definition) is 4. The highest BCUT2D eigenvalue weighted by Gasteiger charge is 1.94. The van der Waals surface area contributed by atoms with Gasteiger partial charge in [-0.3, -0.25) is 5.73 Å². The number of nitrogens with two attached hydrogens (primary N) is 1. The topological polar surface area (TPSA) is 87.0 Å². The number of rotatable bonds is 2. The van der Waals surface area contributed by atoms with Gasteiger partial charge in [0.1, 0.15) is 5.82 Å². The molecule has 0 saturated heterocycles. The molecule has 50 valence electrons. The van der Waals surface area contributed by atoms with E-state index in [4.69, 9.17) is 10.8 Å². The molecule has 1 heterocycles. The Kier molecular flexibility index (Phi) is 1.66. The molecule has 5 nitrogen and oxygen atoms in total. The molecule has 9 heavy (non-hydrogen) atoms. The van der Waals surface area contributed by atoms with E-state index in [0.29, 0.717) is 5.82 Å². The van der Waals surface area contributed by atoms with E-state index in [1.54, 1.807) is 0 Å². The first-order valence-electron chi connectivity index (χ1n) is 2.47. The Hall–Kier alpha value is -1.07. The van der Waals surface area contributed by atoms with Crippen molar-refractivity contribution in [2.75, 3.05) is 5.32 Å². The molecule has 0 unspecified atom stereocenters. The molecule has 0 spiro atoms. The maximum absolute atomic E-state index is 8.54. The van der Waals surface area contributed by atoms with E-state index < -0.39 is 6.35 Å². The zero-order valence-electron chi connectivity index (χ0n) is 4.70. The fourth-order valence-electron chi connectivity index (χ4n) is 0.494. The summed E-state index contributed by atoms with van der Waals surface area (Å²) in [6, 6.07) is 0. The first kappa shape index (κ1) is 6.06. The molecule has 0 aliphatic heterocycles. The van der Waals surface area contributed by atoms with Gasteiger partial charge in [0.25, 0.3) is 0 Å². The molecule has 5 heteroatoms. The summed E-state index contributed by atoms with van der Waals surface area (Å²) >= 11 is 0. The minimum Gasteiger partial charge on any atom is -0.361 e. The minimum absolute atomic E-state index is 0.602. The number of nitrogens with one attached hydrogen (secondary N) is 2. The molecule has 0 aliphatic rings. The second-order valence-electron chi connectivity index (χ2n) is 1.55. The van der Waals surface area contributed by atoms with E-state index in [0.717, 1.165) is 0 Å². The number of aromatic nitrogens is 2. The lowest BCUT2D eigenvalue weighted by Gasteiger charge is -2.03. The molecule has 1 aromatic heterocycles. The number of aliphatic hydroxyl groups excluding tert-OH is 1. The average molecular weight is 128 g/mol. The predicted molar refractivity (Wildman–Crippen MR) is 32.4 cm³/mol. The van der Waals surface area contributed by atoms with Crippen LogP contribution in [-0.2, 0) is 0 Å².